The highest BCUT2D eigenvalue weighted by atomic mass is 127. The van der Waals surface area contributed by atoms with Crippen LogP contribution in [0.25, 0.3) is 11.5 Å². The predicted octanol–water partition coefficient (Wildman–Crippen LogP) is 5.15. The van der Waals surface area contributed by atoms with Crippen molar-refractivity contribution in [3.05, 3.63) is 66.1 Å². The molecule has 1 aliphatic rings. The molecule has 7 nitrogen and oxygen atoms in total. The average Bonchev–Trinajstić information content (AvgIpc) is 3.52. The van der Waals surface area contributed by atoms with Crippen LogP contribution in [0.4, 0.5) is 0 Å². The fourth-order valence-corrected chi connectivity index (χ4v) is 3.79. The van der Waals surface area contributed by atoms with Gasteiger partial charge in [-0.3, -0.25) is 4.99 Å². The Bertz CT molecular complexity index is 1030. The number of rotatable bonds is 8. The van der Waals surface area contributed by atoms with E-state index in [-0.39, 0.29) is 30.1 Å². The second kappa shape index (κ2) is 12.5. The quantitative estimate of drug-likeness (QED) is 0.225. The molecule has 33 heavy (non-hydrogen) atoms. The van der Waals surface area contributed by atoms with Gasteiger partial charge in [0.25, 0.3) is 0 Å². The summed E-state index contributed by atoms with van der Waals surface area (Å²) in [5.74, 6) is 2.86. The van der Waals surface area contributed by atoms with E-state index in [9.17, 15) is 0 Å². The van der Waals surface area contributed by atoms with Gasteiger partial charge in [0, 0.05) is 19.2 Å². The molecule has 2 N–H and O–H groups in total. The molecule has 1 saturated carbocycles. The third-order valence-electron chi connectivity index (χ3n) is 5.52. The number of hydrogen-bond acceptors (Lipinski definition) is 5. The Morgan fingerprint density at radius 1 is 1.06 bits per heavy atom. The molecule has 0 atom stereocenters. The summed E-state index contributed by atoms with van der Waals surface area (Å²) in [5, 5.41) is 6.61. The zero-order valence-corrected chi connectivity index (χ0v) is 21.4. The number of oxazole rings is 1. The van der Waals surface area contributed by atoms with E-state index >= 15 is 0 Å². The van der Waals surface area contributed by atoms with Gasteiger partial charge in [0.2, 0.25) is 5.89 Å². The van der Waals surface area contributed by atoms with Gasteiger partial charge in [-0.2, -0.15) is 0 Å². The van der Waals surface area contributed by atoms with Crippen LogP contribution in [-0.4, -0.2) is 31.2 Å². The number of guanidine groups is 1. The van der Waals surface area contributed by atoms with E-state index in [1.807, 2.05) is 48.5 Å². The van der Waals surface area contributed by atoms with Crippen LogP contribution in [0.2, 0.25) is 0 Å². The van der Waals surface area contributed by atoms with E-state index in [4.69, 9.17) is 13.9 Å². The van der Waals surface area contributed by atoms with Crippen LogP contribution in [0.3, 0.4) is 0 Å². The molecule has 0 bridgehead atoms. The molecule has 176 valence electrons. The maximum atomic E-state index is 6.20. The molecule has 4 rings (SSSR count). The average molecular weight is 562 g/mol. The van der Waals surface area contributed by atoms with Crippen LogP contribution in [0.5, 0.6) is 11.5 Å². The van der Waals surface area contributed by atoms with Crippen molar-refractivity contribution in [3.8, 4) is 23.0 Å². The Labute approximate surface area is 212 Å². The minimum atomic E-state index is 0. The highest BCUT2D eigenvalue weighted by Crippen LogP contribution is 2.32. The molecule has 1 fully saturated rings. The number of aromatic nitrogens is 1. The highest BCUT2D eigenvalue weighted by molar-refractivity contribution is 14.0. The van der Waals surface area contributed by atoms with Crippen molar-refractivity contribution in [3.63, 3.8) is 0 Å². The smallest absolute Gasteiger partial charge is 0.226 e. The van der Waals surface area contributed by atoms with Crippen molar-refractivity contribution >= 4 is 29.9 Å². The number of halogens is 1. The summed E-state index contributed by atoms with van der Waals surface area (Å²) in [4.78, 5) is 8.84. The lowest BCUT2D eigenvalue weighted by atomic mass is 10.2. The Balaban J connectivity index is 0.00000306. The zero-order chi connectivity index (χ0) is 22.2. The van der Waals surface area contributed by atoms with E-state index in [2.05, 4.69) is 20.6 Å². The van der Waals surface area contributed by atoms with Crippen LogP contribution in [0.1, 0.15) is 36.9 Å². The van der Waals surface area contributed by atoms with Crippen LogP contribution in [0.15, 0.2) is 64.2 Å². The summed E-state index contributed by atoms with van der Waals surface area (Å²) >= 11 is 0. The number of hydrogen-bond donors (Lipinski definition) is 2. The second-order valence-electron chi connectivity index (χ2n) is 7.80. The summed E-state index contributed by atoms with van der Waals surface area (Å²) < 4.78 is 17.3. The van der Waals surface area contributed by atoms with Gasteiger partial charge in [0.1, 0.15) is 6.26 Å². The molecule has 0 saturated heterocycles. The third kappa shape index (κ3) is 6.86. The standard InChI is InChI=1S/C25H30N4O3.HI/c1-26-25(28-16-20-17-31-24(29-20)19-8-4-3-5-9-19)27-15-18-12-13-22(30-2)23(14-18)32-21-10-6-7-11-21;/h3-5,8-9,12-14,17,21H,6-7,10-11,15-16H2,1-2H3,(H2,26,27,28);1H. The van der Waals surface area contributed by atoms with E-state index < -0.39 is 0 Å². The van der Waals surface area contributed by atoms with Gasteiger partial charge in [-0.15, -0.1) is 24.0 Å². The third-order valence-corrected chi connectivity index (χ3v) is 5.52. The molecule has 0 amide bonds. The number of benzene rings is 2. The van der Waals surface area contributed by atoms with Crippen molar-refractivity contribution in [2.75, 3.05) is 14.2 Å². The molecule has 0 unspecified atom stereocenters. The van der Waals surface area contributed by atoms with E-state index in [0.29, 0.717) is 24.9 Å². The Morgan fingerprint density at radius 2 is 1.82 bits per heavy atom. The molecule has 1 aromatic heterocycles. The van der Waals surface area contributed by atoms with Crippen LogP contribution < -0.4 is 20.1 Å². The fourth-order valence-electron chi connectivity index (χ4n) is 3.79. The number of nitrogens with zero attached hydrogens (tertiary/aromatic N) is 2. The molecule has 2 aromatic carbocycles. The lowest BCUT2D eigenvalue weighted by Gasteiger charge is -2.17. The van der Waals surface area contributed by atoms with Crippen molar-refractivity contribution in [1.29, 1.82) is 0 Å². The minimum Gasteiger partial charge on any atom is -0.493 e. The van der Waals surface area contributed by atoms with Gasteiger partial charge >= 0.3 is 0 Å². The SMILES string of the molecule is CN=C(NCc1ccc(OC)c(OC2CCCC2)c1)NCc1coc(-c2ccccc2)n1.I. The van der Waals surface area contributed by atoms with Crippen LogP contribution in [-0.2, 0) is 13.1 Å². The van der Waals surface area contributed by atoms with Gasteiger partial charge in [0.15, 0.2) is 17.5 Å². The molecule has 8 heteroatoms. The number of nitrogens with one attached hydrogen (secondary N) is 2. The molecular weight excluding hydrogens is 531 g/mol. The minimum absolute atomic E-state index is 0. The highest BCUT2D eigenvalue weighted by Gasteiger charge is 2.18. The van der Waals surface area contributed by atoms with E-state index in [0.717, 1.165) is 41.2 Å². The topological polar surface area (TPSA) is 80.9 Å². The summed E-state index contributed by atoms with van der Waals surface area (Å²) in [6.07, 6.45) is 6.62. The van der Waals surface area contributed by atoms with Crippen molar-refractivity contribution in [2.45, 2.75) is 44.9 Å². The summed E-state index contributed by atoms with van der Waals surface area (Å²) in [6.45, 7) is 1.12. The van der Waals surface area contributed by atoms with Gasteiger partial charge in [-0.1, -0.05) is 24.3 Å². The lowest BCUT2D eigenvalue weighted by Crippen LogP contribution is -2.36. The monoisotopic (exact) mass is 562 g/mol. The number of methoxy groups -OCH3 is 1. The van der Waals surface area contributed by atoms with Crippen molar-refractivity contribution < 1.29 is 13.9 Å². The predicted molar refractivity (Wildman–Crippen MR) is 140 cm³/mol. The first-order valence-corrected chi connectivity index (χ1v) is 11.0. The molecule has 0 spiro atoms. The summed E-state index contributed by atoms with van der Waals surface area (Å²) in [6, 6.07) is 15.9. The van der Waals surface area contributed by atoms with E-state index in [1.54, 1.807) is 20.4 Å². The molecule has 0 aliphatic heterocycles. The fraction of sp³-hybridized carbons (Fsp3) is 0.360. The first-order chi connectivity index (χ1) is 15.7. The number of aliphatic imine (C=N–C) groups is 1. The lowest BCUT2D eigenvalue weighted by molar-refractivity contribution is 0.200. The van der Waals surface area contributed by atoms with E-state index in [1.165, 1.54) is 12.8 Å². The van der Waals surface area contributed by atoms with Gasteiger partial charge in [0.05, 0.1) is 25.5 Å². The van der Waals surface area contributed by atoms with Crippen LogP contribution in [0, 0.1) is 0 Å². The summed E-state index contributed by atoms with van der Waals surface area (Å²) in [5.41, 5.74) is 2.86. The molecule has 1 heterocycles. The Kier molecular flexibility index (Phi) is 9.41. The van der Waals surface area contributed by atoms with Crippen molar-refractivity contribution in [2.24, 2.45) is 4.99 Å². The van der Waals surface area contributed by atoms with Crippen LogP contribution >= 0.6 is 24.0 Å². The van der Waals surface area contributed by atoms with Gasteiger partial charge in [-0.05, 0) is 55.5 Å². The maximum Gasteiger partial charge on any atom is 0.226 e. The molecular formula is C25H31IN4O3. The largest absolute Gasteiger partial charge is 0.493 e. The number of ether oxygens (including phenoxy) is 2. The zero-order valence-electron chi connectivity index (χ0n) is 19.0. The second-order valence-corrected chi connectivity index (χ2v) is 7.80. The normalized spacial score (nSPS) is 13.9. The molecule has 0 radical (unpaired) electrons. The summed E-state index contributed by atoms with van der Waals surface area (Å²) in [7, 11) is 3.42. The van der Waals surface area contributed by atoms with Gasteiger partial charge < -0.3 is 24.5 Å². The maximum absolute atomic E-state index is 6.20. The Hall–Kier alpha value is -2.75. The van der Waals surface area contributed by atoms with Gasteiger partial charge in [-0.25, -0.2) is 4.98 Å². The molecule has 1 aliphatic carbocycles. The first kappa shape index (κ1) is 24.9. The van der Waals surface area contributed by atoms with Crippen molar-refractivity contribution in [1.82, 2.24) is 15.6 Å². The molecule has 3 aromatic rings. The first-order valence-electron chi connectivity index (χ1n) is 11.0. The Morgan fingerprint density at radius 3 is 2.55 bits per heavy atom.